The fourth-order valence-corrected chi connectivity index (χ4v) is 2.19. The van der Waals surface area contributed by atoms with Crippen molar-refractivity contribution in [3.05, 3.63) is 35.1 Å². The summed E-state index contributed by atoms with van der Waals surface area (Å²) in [5.41, 5.74) is 0.798. The lowest BCUT2D eigenvalue weighted by Crippen LogP contribution is -2.41. The number of rotatable bonds is 2. The molecule has 0 spiro atoms. The molecular formula is C14H16FN3O. The second-order valence-electron chi connectivity index (χ2n) is 4.71. The average Bonchev–Trinajstić information content (AvgIpc) is 2.57. The molecule has 5 heteroatoms. The van der Waals surface area contributed by atoms with Gasteiger partial charge in [-0.1, -0.05) is 0 Å². The summed E-state index contributed by atoms with van der Waals surface area (Å²) < 4.78 is 13.7. The van der Waals surface area contributed by atoms with Gasteiger partial charge in [0.15, 0.2) is 0 Å². The molecular weight excluding hydrogens is 245 g/mol. The number of hydrogen-bond donors (Lipinski definition) is 1. The van der Waals surface area contributed by atoms with E-state index >= 15 is 0 Å². The molecule has 1 fully saturated rings. The van der Waals surface area contributed by atoms with Crippen LogP contribution in [-0.4, -0.2) is 29.9 Å². The molecule has 1 aliphatic heterocycles. The van der Waals surface area contributed by atoms with Gasteiger partial charge in [0.05, 0.1) is 17.7 Å². The Morgan fingerprint density at radius 2 is 2.37 bits per heavy atom. The van der Waals surface area contributed by atoms with Crippen molar-refractivity contribution in [1.29, 1.82) is 5.26 Å². The minimum Gasteiger partial charge on any atom is -0.337 e. The molecule has 1 aliphatic rings. The van der Waals surface area contributed by atoms with E-state index in [1.54, 1.807) is 4.90 Å². The number of halogens is 1. The molecule has 100 valence electrons. The van der Waals surface area contributed by atoms with Gasteiger partial charge in [0, 0.05) is 18.7 Å². The minimum absolute atomic E-state index is 0.0285. The third-order valence-corrected chi connectivity index (χ3v) is 3.27. The largest absolute Gasteiger partial charge is 0.337 e. The van der Waals surface area contributed by atoms with Gasteiger partial charge in [0.1, 0.15) is 5.82 Å². The van der Waals surface area contributed by atoms with E-state index in [1.807, 2.05) is 13.0 Å². The Balaban J connectivity index is 2.20. The second-order valence-corrected chi connectivity index (χ2v) is 4.71. The van der Waals surface area contributed by atoms with Gasteiger partial charge in [-0.2, -0.15) is 5.26 Å². The maximum absolute atomic E-state index is 13.7. The van der Waals surface area contributed by atoms with Crippen LogP contribution in [0.2, 0.25) is 0 Å². The number of nitrogens with zero attached hydrogens (tertiary/aromatic N) is 2. The second kappa shape index (κ2) is 5.81. The van der Waals surface area contributed by atoms with Crippen LogP contribution in [0.1, 0.15) is 24.5 Å². The lowest BCUT2D eigenvalue weighted by molar-refractivity contribution is -0.132. The molecule has 1 aromatic rings. The summed E-state index contributed by atoms with van der Waals surface area (Å²) >= 11 is 0. The van der Waals surface area contributed by atoms with E-state index in [1.165, 1.54) is 18.2 Å². The summed E-state index contributed by atoms with van der Waals surface area (Å²) in [5.74, 6) is -0.407. The molecule has 1 unspecified atom stereocenters. The van der Waals surface area contributed by atoms with Crippen LogP contribution in [0.4, 0.5) is 4.39 Å². The number of benzene rings is 1. The van der Waals surface area contributed by atoms with Crippen molar-refractivity contribution in [2.75, 3.05) is 13.1 Å². The number of carbonyl (C=O) groups excluding carboxylic acids is 1. The number of nitrogens with one attached hydrogen (secondary N) is 1. The first-order chi connectivity index (χ1) is 9.11. The molecule has 2 rings (SSSR count). The number of carbonyl (C=O) groups is 1. The van der Waals surface area contributed by atoms with E-state index in [9.17, 15) is 9.18 Å². The van der Waals surface area contributed by atoms with Crippen molar-refractivity contribution in [1.82, 2.24) is 10.2 Å². The molecule has 0 aliphatic carbocycles. The molecule has 0 saturated carbocycles. The zero-order chi connectivity index (χ0) is 13.8. The molecule has 0 aromatic heterocycles. The quantitative estimate of drug-likeness (QED) is 0.875. The summed E-state index contributed by atoms with van der Waals surface area (Å²) in [6.07, 6.45) is 0.843. The number of hydrogen-bond acceptors (Lipinski definition) is 3. The van der Waals surface area contributed by atoms with Crippen LogP contribution in [0.25, 0.3) is 0 Å². The van der Waals surface area contributed by atoms with E-state index in [-0.39, 0.29) is 24.3 Å². The van der Waals surface area contributed by atoms with Gasteiger partial charge in [0.25, 0.3) is 0 Å². The Labute approximate surface area is 111 Å². The summed E-state index contributed by atoms with van der Waals surface area (Å²) in [4.78, 5) is 13.7. The summed E-state index contributed by atoms with van der Waals surface area (Å²) in [7, 11) is 0. The number of amides is 1. The first-order valence-corrected chi connectivity index (χ1v) is 6.32. The van der Waals surface area contributed by atoms with Crippen molar-refractivity contribution in [3.8, 4) is 6.07 Å². The summed E-state index contributed by atoms with van der Waals surface area (Å²) in [6, 6.07) is 5.96. The van der Waals surface area contributed by atoms with Crippen LogP contribution in [0, 0.1) is 17.1 Å². The maximum Gasteiger partial charge on any atom is 0.239 e. The van der Waals surface area contributed by atoms with Crippen LogP contribution >= 0.6 is 0 Å². The first-order valence-electron chi connectivity index (χ1n) is 6.32. The van der Waals surface area contributed by atoms with E-state index in [4.69, 9.17) is 5.26 Å². The predicted octanol–water partition coefficient (Wildman–Crippen LogP) is 1.41. The summed E-state index contributed by atoms with van der Waals surface area (Å²) in [6.45, 7) is 3.41. The Hall–Kier alpha value is -1.93. The van der Waals surface area contributed by atoms with Crippen molar-refractivity contribution >= 4 is 5.91 Å². The van der Waals surface area contributed by atoms with E-state index in [2.05, 4.69) is 5.32 Å². The highest BCUT2D eigenvalue weighted by Crippen LogP contribution is 2.15. The van der Waals surface area contributed by atoms with Crippen LogP contribution in [0.5, 0.6) is 0 Å². The molecule has 1 N–H and O–H groups in total. The smallest absolute Gasteiger partial charge is 0.239 e. The lowest BCUT2D eigenvalue weighted by atomic mass is 10.1. The Morgan fingerprint density at radius 1 is 1.58 bits per heavy atom. The molecule has 1 heterocycles. The Kier molecular flexibility index (Phi) is 4.13. The van der Waals surface area contributed by atoms with Crippen LogP contribution < -0.4 is 5.32 Å². The molecule has 19 heavy (non-hydrogen) atoms. The van der Waals surface area contributed by atoms with Crippen LogP contribution in [-0.2, 0) is 11.3 Å². The number of nitriles is 1. The molecule has 1 saturated heterocycles. The molecule has 1 amide bonds. The standard InChI is InChI=1S/C14H16FN3O/c1-10-14(19)18(6-2-5-17-10)9-12-7-11(8-16)3-4-13(12)15/h3-4,7,10,17H,2,5-6,9H2,1H3. The summed E-state index contributed by atoms with van der Waals surface area (Å²) in [5, 5.41) is 11.9. The Morgan fingerprint density at radius 3 is 3.11 bits per heavy atom. The minimum atomic E-state index is -0.378. The predicted molar refractivity (Wildman–Crippen MR) is 68.6 cm³/mol. The van der Waals surface area contributed by atoms with Gasteiger partial charge in [-0.15, -0.1) is 0 Å². The first kappa shape index (κ1) is 13.5. The third kappa shape index (κ3) is 3.09. The monoisotopic (exact) mass is 261 g/mol. The van der Waals surface area contributed by atoms with E-state index < -0.39 is 0 Å². The topological polar surface area (TPSA) is 56.1 Å². The highest BCUT2D eigenvalue weighted by molar-refractivity contribution is 5.81. The van der Waals surface area contributed by atoms with E-state index in [0.29, 0.717) is 17.7 Å². The van der Waals surface area contributed by atoms with Gasteiger partial charge >= 0.3 is 0 Å². The highest BCUT2D eigenvalue weighted by Gasteiger charge is 2.23. The zero-order valence-electron chi connectivity index (χ0n) is 10.8. The van der Waals surface area contributed by atoms with Crippen LogP contribution in [0.3, 0.4) is 0 Å². The normalized spacial score (nSPS) is 19.9. The van der Waals surface area contributed by atoms with Crippen molar-refractivity contribution in [2.45, 2.75) is 25.9 Å². The van der Waals surface area contributed by atoms with Gasteiger partial charge in [-0.3, -0.25) is 4.79 Å². The zero-order valence-corrected chi connectivity index (χ0v) is 10.8. The van der Waals surface area contributed by atoms with Crippen molar-refractivity contribution < 1.29 is 9.18 Å². The molecule has 4 nitrogen and oxygen atoms in total. The van der Waals surface area contributed by atoms with Gasteiger partial charge in [0.2, 0.25) is 5.91 Å². The van der Waals surface area contributed by atoms with Gasteiger partial charge < -0.3 is 10.2 Å². The van der Waals surface area contributed by atoms with Gasteiger partial charge in [-0.05, 0) is 38.1 Å². The van der Waals surface area contributed by atoms with Crippen molar-refractivity contribution in [2.24, 2.45) is 0 Å². The highest BCUT2D eigenvalue weighted by atomic mass is 19.1. The van der Waals surface area contributed by atoms with Crippen LogP contribution in [0.15, 0.2) is 18.2 Å². The SMILES string of the molecule is CC1NCCCN(Cc2cc(C#N)ccc2F)C1=O. The lowest BCUT2D eigenvalue weighted by Gasteiger charge is -2.23. The van der Waals surface area contributed by atoms with E-state index in [0.717, 1.165) is 13.0 Å². The fourth-order valence-electron chi connectivity index (χ4n) is 2.19. The van der Waals surface area contributed by atoms with Crippen molar-refractivity contribution in [3.63, 3.8) is 0 Å². The van der Waals surface area contributed by atoms with Gasteiger partial charge in [-0.25, -0.2) is 4.39 Å². The molecule has 1 aromatic carbocycles. The fraction of sp³-hybridized carbons (Fsp3) is 0.429. The third-order valence-electron chi connectivity index (χ3n) is 3.27. The molecule has 0 bridgehead atoms. The average molecular weight is 261 g/mol. The molecule has 1 atom stereocenters. The maximum atomic E-state index is 13.7. The Bertz CT molecular complexity index is 524. The molecule has 0 radical (unpaired) electrons.